The molecule has 0 aliphatic rings. The number of carbonyl (C=O) groups is 1. The zero-order valence-corrected chi connectivity index (χ0v) is 9.62. The van der Waals surface area contributed by atoms with Crippen LogP contribution in [0.4, 0.5) is 0 Å². The molecule has 86 valence electrons. The van der Waals surface area contributed by atoms with Crippen molar-refractivity contribution in [2.24, 2.45) is 0 Å². The van der Waals surface area contributed by atoms with Crippen molar-refractivity contribution in [3.63, 3.8) is 0 Å². The lowest BCUT2D eigenvalue weighted by molar-refractivity contribution is -0.131. The van der Waals surface area contributed by atoms with E-state index < -0.39 is 5.97 Å². The van der Waals surface area contributed by atoms with Crippen molar-refractivity contribution in [3.05, 3.63) is 28.8 Å². The molecule has 1 N–H and O–H groups in total. The average Bonchev–Trinajstić information content (AvgIpc) is 2.26. The van der Waals surface area contributed by atoms with Gasteiger partial charge in [0, 0.05) is 17.7 Å². The van der Waals surface area contributed by atoms with Crippen molar-refractivity contribution >= 4 is 23.6 Å². The van der Waals surface area contributed by atoms with Gasteiger partial charge in [0.25, 0.3) is 0 Å². The summed E-state index contributed by atoms with van der Waals surface area (Å²) in [5, 5.41) is 8.90. The quantitative estimate of drug-likeness (QED) is 0.824. The second kappa shape index (κ2) is 5.42. The first-order valence-corrected chi connectivity index (χ1v) is 4.78. The summed E-state index contributed by atoms with van der Waals surface area (Å²) in [6, 6.07) is 3.22. The van der Waals surface area contributed by atoms with Gasteiger partial charge < -0.3 is 14.6 Å². The molecule has 0 spiro atoms. The van der Waals surface area contributed by atoms with Crippen LogP contribution in [0.1, 0.15) is 5.56 Å². The van der Waals surface area contributed by atoms with Crippen molar-refractivity contribution < 1.29 is 19.4 Å². The Kier molecular flexibility index (Phi) is 4.19. The molecular weight excluding hydrogens is 232 g/mol. The number of rotatable bonds is 4. The SMILES string of the molecule is COc1cc(Cl)c(/C=C/C(=O)O)c(OC)c1. The van der Waals surface area contributed by atoms with E-state index in [1.165, 1.54) is 20.3 Å². The van der Waals surface area contributed by atoms with Crippen molar-refractivity contribution in [1.29, 1.82) is 0 Å². The van der Waals surface area contributed by atoms with E-state index in [0.717, 1.165) is 6.08 Å². The minimum absolute atomic E-state index is 0.369. The van der Waals surface area contributed by atoms with Crippen LogP contribution >= 0.6 is 11.6 Å². The molecule has 0 saturated heterocycles. The zero-order valence-electron chi connectivity index (χ0n) is 8.86. The van der Waals surface area contributed by atoms with Gasteiger partial charge in [-0.05, 0) is 12.1 Å². The minimum Gasteiger partial charge on any atom is -0.497 e. The molecule has 16 heavy (non-hydrogen) atoms. The van der Waals surface area contributed by atoms with Crippen LogP contribution in [0.25, 0.3) is 6.08 Å². The number of hydrogen-bond donors (Lipinski definition) is 1. The van der Waals surface area contributed by atoms with Crippen LogP contribution in [0.15, 0.2) is 18.2 Å². The van der Waals surface area contributed by atoms with Crippen LogP contribution in [-0.4, -0.2) is 25.3 Å². The topological polar surface area (TPSA) is 55.8 Å². The first kappa shape index (κ1) is 12.4. The van der Waals surface area contributed by atoms with Gasteiger partial charge in [0.2, 0.25) is 0 Å². The third-order valence-electron chi connectivity index (χ3n) is 1.91. The van der Waals surface area contributed by atoms with E-state index in [2.05, 4.69) is 0 Å². The largest absolute Gasteiger partial charge is 0.497 e. The van der Waals surface area contributed by atoms with Gasteiger partial charge >= 0.3 is 5.97 Å². The van der Waals surface area contributed by atoms with Gasteiger partial charge in [0.1, 0.15) is 11.5 Å². The van der Waals surface area contributed by atoms with Crippen LogP contribution in [0, 0.1) is 0 Å². The Labute approximate surface area is 98.1 Å². The highest BCUT2D eigenvalue weighted by Crippen LogP contribution is 2.32. The summed E-state index contributed by atoms with van der Waals surface area (Å²) in [7, 11) is 2.99. The van der Waals surface area contributed by atoms with Crippen molar-refractivity contribution in [2.75, 3.05) is 14.2 Å². The van der Waals surface area contributed by atoms with E-state index in [0.29, 0.717) is 22.1 Å². The van der Waals surface area contributed by atoms with Crippen LogP contribution in [0.3, 0.4) is 0 Å². The van der Waals surface area contributed by atoms with Crippen LogP contribution < -0.4 is 9.47 Å². The molecule has 0 aliphatic carbocycles. The first-order chi connectivity index (χ1) is 7.58. The molecule has 4 nitrogen and oxygen atoms in total. The molecule has 1 aromatic rings. The van der Waals surface area contributed by atoms with Crippen molar-refractivity contribution in [3.8, 4) is 11.5 Å². The molecule has 0 fully saturated rings. The van der Waals surface area contributed by atoms with E-state index in [4.69, 9.17) is 26.2 Å². The smallest absolute Gasteiger partial charge is 0.328 e. The Morgan fingerprint density at radius 1 is 1.38 bits per heavy atom. The monoisotopic (exact) mass is 242 g/mol. The average molecular weight is 243 g/mol. The molecule has 0 atom stereocenters. The predicted octanol–water partition coefficient (Wildman–Crippen LogP) is 2.46. The lowest BCUT2D eigenvalue weighted by Gasteiger charge is -2.09. The van der Waals surface area contributed by atoms with Crippen molar-refractivity contribution in [2.45, 2.75) is 0 Å². The Bertz CT molecular complexity index is 426. The number of carboxylic acid groups (broad SMARTS) is 1. The normalized spacial score (nSPS) is 10.4. The Balaban J connectivity index is 3.21. The summed E-state index contributed by atoms with van der Waals surface area (Å²) in [5.74, 6) is -0.0369. The summed E-state index contributed by atoms with van der Waals surface area (Å²) in [5.41, 5.74) is 0.507. The number of halogens is 1. The summed E-state index contributed by atoms with van der Waals surface area (Å²) < 4.78 is 10.1. The predicted molar refractivity (Wildman–Crippen MR) is 61.2 cm³/mol. The number of hydrogen-bond acceptors (Lipinski definition) is 3. The van der Waals surface area contributed by atoms with Crippen LogP contribution in [0.5, 0.6) is 11.5 Å². The molecule has 0 amide bonds. The van der Waals surface area contributed by atoms with E-state index in [-0.39, 0.29) is 0 Å². The van der Waals surface area contributed by atoms with Gasteiger partial charge in [-0.3, -0.25) is 0 Å². The number of ether oxygens (including phenoxy) is 2. The maximum Gasteiger partial charge on any atom is 0.328 e. The molecule has 0 heterocycles. The molecule has 1 rings (SSSR count). The second-order valence-corrected chi connectivity index (χ2v) is 3.30. The highest BCUT2D eigenvalue weighted by Gasteiger charge is 2.08. The number of benzene rings is 1. The lowest BCUT2D eigenvalue weighted by Crippen LogP contribution is -1.92. The highest BCUT2D eigenvalue weighted by molar-refractivity contribution is 6.32. The molecule has 1 aromatic carbocycles. The van der Waals surface area contributed by atoms with Gasteiger partial charge in [-0.1, -0.05) is 11.6 Å². The molecule has 0 aromatic heterocycles. The molecule has 0 aliphatic heterocycles. The van der Waals surface area contributed by atoms with Crippen LogP contribution in [-0.2, 0) is 4.79 Å². The van der Waals surface area contributed by atoms with Gasteiger partial charge in [-0.2, -0.15) is 0 Å². The van der Waals surface area contributed by atoms with Crippen molar-refractivity contribution in [1.82, 2.24) is 0 Å². The number of aliphatic carboxylic acids is 1. The molecule has 0 radical (unpaired) electrons. The Morgan fingerprint density at radius 2 is 2.06 bits per heavy atom. The fourth-order valence-electron chi connectivity index (χ4n) is 1.17. The van der Waals surface area contributed by atoms with E-state index in [9.17, 15) is 4.79 Å². The minimum atomic E-state index is -1.05. The van der Waals surface area contributed by atoms with E-state index >= 15 is 0 Å². The molecule has 0 bridgehead atoms. The number of carboxylic acids is 1. The van der Waals surface area contributed by atoms with Gasteiger partial charge in [-0.25, -0.2) is 4.79 Å². The summed E-state index contributed by atoms with van der Waals surface area (Å²) in [6.45, 7) is 0. The highest BCUT2D eigenvalue weighted by atomic mass is 35.5. The summed E-state index contributed by atoms with van der Waals surface area (Å²) >= 11 is 5.97. The summed E-state index contributed by atoms with van der Waals surface area (Å²) in [6.07, 6.45) is 2.37. The third-order valence-corrected chi connectivity index (χ3v) is 2.23. The second-order valence-electron chi connectivity index (χ2n) is 2.90. The van der Waals surface area contributed by atoms with Gasteiger partial charge in [0.05, 0.1) is 19.2 Å². The molecule has 5 heteroatoms. The van der Waals surface area contributed by atoms with E-state index in [1.54, 1.807) is 12.1 Å². The maximum absolute atomic E-state index is 10.4. The Morgan fingerprint density at radius 3 is 2.56 bits per heavy atom. The van der Waals surface area contributed by atoms with E-state index in [1.807, 2.05) is 0 Å². The first-order valence-electron chi connectivity index (χ1n) is 4.41. The third kappa shape index (κ3) is 2.90. The molecule has 0 unspecified atom stereocenters. The van der Waals surface area contributed by atoms with Crippen LogP contribution in [0.2, 0.25) is 5.02 Å². The van der Waals surface area contributed by atoms with Gasteiger partial charge in [0.15, 0.2) is 0 Å². The zero-order chi connectivity index (χ0) is 12.1. The molecule has 0 saturated carbocycles. The standard InChI is InChI=1S/C11H11ClO4/c1-15-7-5-9(12)8(3-4-11(13)14)10(6-7)16-2/h3-6H,1-2H3,(H,13,14)/b4-3+. The fourth-order valence-corrected chi connectivity index (χ4v) is 1.44. The van der Waals surface area contributed by atoms with Gasteiger partial charge in [-0.15, -0.1) is 0 Å². The lowest BCUT2D eigenvalue weighted by atomic mass is 10.1. The maximum atomic E-state index is 10.4. The Hall–Kier alpha value is -1.68. The number of methoxy groups -OCH3 is 2. The summed E-state index contributed by atoms with van der Waals surface area (Å²) in [4.78, 5) is 10.4. The fraction of sp³-hybridized carbons (Fsp3) is 0.182. The molecular formula is C11H11ClO4.